The lowest BCUT2D eigenvalue weighted by Gasteiger charge is -2.13. The predicted octanol–water partition coefficient (Wildman–Crippen LogP) is 8.53. The van der Waals surface area contributed by atoms with Crippen LogP contribution in [0.3, 0.4) is 0 Å². The first kappa shape index (κ1) is 42.5. The quantitative estimate of drug-likeness (QED) is 0.176. The van der Waals surface area contributed by atoms with E-state index >= 15 is 0 Å². The van der Waals surface area contributed by atoms with E-state index in [1.807, 2.05) is 27.7 Å². The van der Waals surface area contributed by atoms with Gasteiger partial charge in [0.25, 0.3) is 0 Å². The Kier molecular flexibility index (Phi) is 12.8. The second-order valence-corrected chi connectivity index (χ2v) is 19.0. The lowest BCUT2D eigenvalue weighted by atomic mass is 9.89. The molecule has 4 aromatic rings. The minimum absolute atomic E-state index is 0.0660. The first-order valence-electron chi connectivity index (χ1n) is 17.8. The van der Waals surface area contributed by atoms with Crippen LogP contribution in [-0.2, 0) is 35.2 Å². The SMILES string of the molecule is CC1(C)Cc2sc(C(=O)O)cc2C1=O.CCOC(=O)c1cc2c(s1)CC(C)(C)C2=O.CCOC(=O)c1cc2c(s1)CCC2=O.O=C(O)c1cc2c(s1)CCC2=O. The van der Waals surface area contributed by atoms with Gasteiger partial charge in [0.2, 0.25) is 0 Å². The maximum Gasteiger partial charge on any atom is 0.348 e. The standard InChI is InChI=1S/C12H14O3S.2C10H10O3S.C8H6O3S/c1-4-15-11(14)8-5-7-9(16-8)6-12(2,3)10(7)13;1-10(2)4-7-5(8(10)11)3-6(14-7)9(12)13;1-2-13-10(12)9-5-6-7(11)3-4-8(6)14-9;9-5-1-2-6-4(5)3-7(12-6)8(10)11/h5H,4,6H2,1-3H3;3H,4H2,1-2H3,(H,12,13);5H,2-4H2,1H3;3H,1-2H2,(H,10,11). The monoisotopic (exact) mass is 840 g/mol. The highest BCUT2D eigenvalue weighted by Gasteiger charge is 2.41. The van der Waals surface area contributed by atoms with Crippen LogP contribution in [-0.4, -0.2) is 70.4 Å². The number of aromatic carboxylic acids is 2. The van der Waals surface area contributed by atoms with E-state index in [1.54, 1.807) is 26.0 Å². The van der Waals surface area contributed by atoms with Crippen molar-refractivity contribution in [1.82, 2.24) is 0 Å². The predicted molar refractivity (Wildman–Crippen MR) is 212 cm³/mol. The first-order valence-corrected chi connectivity index (χ1v) is 21.0. The van der Waals surface area contributed by atoms with E-state index in [2.05, 4.69) is 0 Å². The van der Waals surface area contributed by atoms with Crippen molar-refractivity contribution in [1.29, 1.82) is 0 Å². The molecule has 4 aliphatic rings. The Labute approximate surface area is 338 Å². The highest BCUT2D eigenvalue weighted by atomic mass is 32.1. The number of carbonyl (C=O) groups excluding carboxylic acids is 6. The zero-order chi connectivity index (χ0) is 41.3. The Morgan fingerprint density at radius 3 is 1.21 bits per heavy atom. The lowest BCUT2D eigenvalue weighted by molar-refractivity contribution is 0.0522. The van der Waals surface area contributed by atoms with Crippen LogP contribution >= 0.6 is 45.3 Å². The summed E-state index contributed by atoms with van der Waals surface area (Å²) in [6, 6.07) is 6.32. The number of esters is 2. The van der Waals surface area contributed by atoms with Gasteiger partial charge >= 0.3 is 23.9 Å². The highest BCUT2D eigenvalue weighted by molar-refractivity contribution is 7.15. The first-order chi connectivity index (χ1) is 26.3. The molecule has 4 aromatic heterocycles. The molecule has 12 nitrogen and oxygen atoms in total. The van der Waals surface area contributed by atoms with E-state index in [0.29, 0.717) is 65.3 Å². The summed E-state index contributed by atoms with van der Waals surface area (Å²) in [7, 11) is 0. The van der Waals surface area contributed by atoms with Crippen molar-refractivity contribution >= 4 is 92.4 Å². The normalized spacial score (nSPS) is 16.2. The van der Waals surface area contributed by atoms with Gasteiger partial charge in [0, 0.05) is 65.4 Å². The molecule has 56 heavy (non-hydrogen) atoms. The third kappa shape index (κ3) is 8.98. The van der Waals surface area contributed by atoms with Gasteiger partial charge in [-0.05, 0) is 63.8 Å². The topological polar surface area (TPSA) is 195 Å². The van der Waals surface area contributed by atoms with Crippen molar-refractivity contribution < 1.29 is 58.0 Å². The Balaban J connectivity index is 0.000000143. The van der Waals surface area contributed by atoms with Crippen molar-refractivity contribution in [2.75, 3.05) is 13.2 Å². The summed E-state index contributed by atoms with van der Waals surface area (Å²) >= 11 is 5.19. The van der Waals surface area contributed by atoms with Crippen molar-refractivity contribution in [2.45, 2.75) is 80.1 Å². The Morgan fingerprint density at radius 2 is 0.857 bits per heavy atom. The zero-order valence-corrected chi connectivity index (χ0v) is 34.8. The summed E-state index contributed by atoms with van der Waals surface area (Å²) in [6.07, 6.45) is 4.01. The fourth-order valence-corrected chi connectivity index (χ4v) is 11.0. The molecule has 2 N–H and O–H groups in total. The number of ether oxygens (including phenoxy) is 2. The fourth-order valence-electron chi connectivity index (χ4n) is 6.44. The molecule has 0 saturated heterocycles. The lowest BCUT2D eigenvalue weighted by Crippen LogP contribution is -2.19. The van der Waals surface area contributed by atoms with Crippen LogP contribution in [0.25, 0.3) is 0 Å². The second-order valence-electron chi connectivity index (χ2n) is 14.5. The maximum atomic E-state index is 12.0. The van der Waals surface area contributed by atoms with Crippen LogP contribution < -0.4 is 0 Å². The van der Waals surface area contributed by atoms with Gasteiger partial charge in [-0.15, -0.1) is 45.3 Å². The number of thiophene rings is 4. The van der Waals surface area contributed by atoms with E-state index in [-0.39, 0.29) is 55.7 Å². The van der Waals surface area contributed by atoms with E-state index in [9.17, 15) is 38.4 Å². The number of Topliss-reactive ketones (excluding diaryl/α,β-unsaturated/α-hetero) is 4. The minimum Gasteiger partial charge on any atom is -0.477 e. The average molecular weight is 841 g/mol. The van der Waals surface area contributed by atoms with Gasteiger partial charge in [-0.25, -0.2) is 19.2 Å². The fraction of sp³-hybridized carbons (Fsp3) is 0.400. The molecular formula is C40H40O12S4. The number of aryl methyl sites for hydroxylation is 2. The summed E-state index contributed by atoms with van der Waals surface area (Å²) in [6.45, 7) is 11.9. The molecule has 0 bridgehead atoms. The number of carboxylic acids is 2. The van der Waals surface area contributed by atoms with E-state index in [4.69, 9.17) is 19.7 Å². The molecule has 0 aromatic carbocycles. The zero-order valence-electron chi connectivity index (χ0n) is 31.6. The Hall–Kier alpha value is -4.64. The molecule has 0 fully saturated rings. The summed E-state index contributed by atoms with van der Waals surface area (Å²) in [5.74, 6) is -2.12. The van der Waals surface area contributed by atoms with Gasteiger partial charge in [0.05, 0.1) is 13.2 Å². The molecule has 0 amide bonds. The third-order valence-corrected chi connectivity index (χ3v) is 13.9. The summed E-state index contributed by atoms with van der Waals surface area (Å²) in [4.78, 5) is 95.7. The molecule has 16 heteroatoms. The Bertz CT molecular complexity index is 2270. The Morgan fingerprint density at radius 1 is 0.536 bits per heavy atom. The number of carbonyl (C=O) groups is 8. The van der Waals surface area contributed by atoms with Crippen molar-refractivity contribution in [3.63, 3.8) is 0 Å². The van der Waals surface area contributed by atoms with Crippen LogP contribution in [0, 0.1) is 10.8 Å². The number of ketones is 4. The number of rotatable bonds is 6. The van der Waals surface area contributed by atoms with E-state index in [1.165, 1.54) is 57.5 Å². The molecule has 8 rings (SSSR count). The molecule has 0 radical (unpaired) electrons. The van der Waals surface area contributed by atoms with Gasteiger partial charge in [0.15, 0.2) is 23.1 Å². The largest absolute Gasteiger partial charge is 0.477 e. The minimum atomic E-state index is -0.949. The van der Waals surface area contributed by atoms with Crippen LogP contribution in [0.1, 0.15) is 154 Å². The van der Waals surface area contributed by atoms with Gasteiger partial charge in [-0.1, -0.05) is 27.7 Å². The van der Waals surface area contributed by atoms with Gasteiger partial charge < -0.3 is 19.7 Å². The number of carboxylic acid groups (broad SMARTS) is 2. The van der Waals surface area contributed by atoms with E-state index < -0.39 is 11.9 Å². The number of fused-ring (bicyclic) bond motifs is 4. The van der Waals surface area contributed by atoms with Gasteiger partial charge in [-0.2, -0.15) is 0 Å². The molecule has 4 aliphatic carbocycles. The summed E-state index contributed by atoms with van der Waals surface area (Å²) in [5, 5.41) is 17.4. The van der Waals surface area contributed by atoms with Crippen LogP contribution in [0.4, 0.5) is 0 Å². The second kappa shape index (κ2) is 16.8. The van der Waals surface area contributed by atoms with Crippen molar-refractivity contribution in [3.8, 4) is 0 Å². The van der Waals surface area contributed by atoms with Crippen LogP contribution in [0.5, 0.6) is 0 Å². The number of hydrogen-bond acceptors (Lipinski definition) is 14. The molecule has 0 saturated carbocycles. The molecule has 296 valence electrons. The third-order valence-electron chi connectivity index (χ3n) is 9.29. The molecular weight excluding hydrogens is 801 g/mol. The molecule has 0 unspecified atom stereocenters. The molecule has 0 aliphatic heterocycles. The van der Waals surface area contributed by atoms with Crippen LogP contribution in [0.15, 0.2) is 24.3 Å². The molecule has 0 spiro atoms. The van der Waals surface area contributed by atoms with E-state index in [0.717, 1.165) is 37.9 Å². The summed E-state index contributed by atoms with van der Waals surface area (Å²) in [5.41, 5.74) is 2.00. The number of hydrogen-bond donors (Lipinski definition) is 2. The highest BCUT2D eigenvalue weighted by Crippen LogP contribution is 2.42. The van der Waals surface area contributed by atoms with Crippen molar-refractivity contribution in [2.24, 2.45) is 10.8 Å². The van der Waals surface area contributed by atoms with Gasteiger partial charge in [-0.3, -0.25) is 19.2 Å². The molecule has 0 atom stereocenters. The average Bonchev–Trinajstić information content (AvgIpc) is 3.99. The van der Waals surface area contributed by atoms with Gasteiger partial charge in [0.1, 0.15) is 19.5 Å². The van der Waals surface area contributed by atoms with Crippen molar-refractivity contribution in [3.05, 3.63) is 85.5 Å². The molecule has 4 heterocycles. The maximum absolute atomic E-state index is 12.0. The van der Waals surface area contributed by atoms with Crippen LogP contribution in [0.2, 0.25) is 0 Å². The summed E-state index contributed by atoms with van der Waals surface area (Å²) < 4.78 is 9.77. The smallest absolute Gasteiger partial charge is 0.348 e.